The van der Waals surface area contributed by atoms with Gasteiger partial charge in [-0.15, -0.1) is 0 Å². The predicted molar refractivity (Wildman–Crippen MR) is 60.4 cm³/mol. The van der Waals surface area contributed by atoms with E-state index < -0.39 is 0 Å². The fourth-order valence-electron chi connectivity index (χ4n) is 2.38. The maximum absolute atomic E-state index is 11.6. The number of carbonyl (C=O) groups excluding carboxylic acids is 1. The topological polar surface area (TPSA) is 38.3 Å². The highest BCUT2D eigenvalue weighted by Crippen LogP contribution is 2.34. The van der Waals surface area contributed by atoms with Crippen molar-refractivity contribution in [2.75, 3.05) is 6.61 Å². The van der Waals surface area contributed by atoms with Crippen LogP contribution in [0.4, 0.5) is 0 Å². The lowest BCUT2D eigenvalue weighted by molar-refractivity contribution is -0.125. The highest BCUT2D eigenvalue weighted by molar-refractivity contribution is 5.89. The third-order valence-corrected chi connectivity index (χ3v) is 3.21. The summed E-state index contributed by atoms with van der Waals surface area (Å²) in [5.41, 5.74) is 2.21. The number of rotatable bonds is 1. The lowest BCUT2D eigenvalue weighted by Crippen LogP contribution is -2.38. The minimum Gasteiger partial charge on any atom is -0.373 e. The van der Waals surface area contributed by atoms with Gasteiger partial charge in [0.15, 0.2) is 0 Å². The molecule has 0 radical (unpaired) electrons. The largest absolute Gasteiger partial charge is 0.373 e. The molecule has 16 heavy (non-hydrogen) atoms. The molecule has 1 fully saturated rings. The van der Waals surface area contributed by atoms with Gasteiger partial charge in [-0.2, -0.15) is 0 Å². The highest BCUT2D eigenvalue weighted by atomic mass is 16.5. The molecule has 2 aliphatic heterocycles. The lowest BCUT2D eigenvalue weighted by atomic mass is 9.88. The summed E-state index contributed by atoms with van der Waals surface area (Å²) in [6.07, 6.45) is 2.54. The van der Waals surface area contributed by atoms with Gasteiger partial charge >= 0.3 is 0 Å². The van der Waals surface area contributed by atoms with Gasteiger partial charge < -0.3 is 10.1 Å². The SMILES string of the molecule is O=C1NC=C(c2ccccc2)C2OCCC12. The van der Waals surface area contributed by atoms with Crippen LogP contribution in [0.15, 0.2) is 36.5 Å². The number of fused-ring (bicyclic) bond motifs is 1. The van der Waals surface area contributed by atoms with Crippen LogP contribution in [0.2, 0.25) is 0 Å². The molecule has 2 unspecified atom stereocenters. The molecule has 0 aliphatic carbocycles. The van der Waals surface area contributed by atoms with E-state index in [2.05, 4.69) is 5.32 Å². The van der Waals surface area contributed by atoms with Gasteiger partial charge in [-0.3, -0.25) is 4.79 Å². The van der Waals surface area contributed by atoms with Crippen molar-refractivity contribution in [2.24, 2.45) is 5.92 Å². The molecule has 3 nitrogen and oxygen atoms in total. The average Bonchev–Trinajstić information content (AvgIpc) is 2.81. The summed E-state index contributed by atoms with van der Waals surface area (Å²) in [4.78, 5) is 11.6. The summed E-state index contributed by atoms with van der Waals surface area (Å²) in [5, 5.41) is 2.82. The first-order valence-corrected chi connectivity index (χ1v) is 5.54. The summed E-state index contributed by atoms with van der Waals surface area (Å²) in [5.74, 6) is 0.0717. The Morgan fingerprint density at radius 1 is 1.25 bits per heavy atom. The van der Waals surface area contributed by atoms with Gasteiger partial charge in [0, 0.05) is 18.4 Å². The summed E-state index contributed by atoms with van der Waals surface area (Å²) in [7, 11) is 0. The Balaban J connectivity index is 1.99. The van der Waals surface area contributed by atoms with Gasteiger partial charge in [-0.25, -0.2) is 0 Å². The predicted octanol–water partition coefficient (Wildman–Crippen LogP) is 1.56. The Bertz CT molecular complexity index is 439. The van der Waals surface area contributed by atoms with Gasteiger partial charge in [0.1, 0.15) is 0 Å². The number of hydrogen-bond acceptors (Lipinski definition) is 2. The molecule has 1 aromatic carbocycles. The van der Waals surface area contributed by atoms with Crippen LogP contribution in [0.25, 0.3) is 5.57 Å². The second-order valence-corrected chi connectivity index (χ2v) is 4.16. The fourth-order valence-corrected chi connectivity index (χ4v) is 2.38. The van der Waals surface area contributed by atoms with Crippen LogP contribution in [0.5, 0.6) is 0 Å². The van der Waals surface area contributed by atoms with E-state index in [4.69, 9.17) is 4.74 Å². The normalized spacial score (nSPS) is 28.2. The van der Waals surface area contributed by atoms with Crippen LogP contribution in [-0.2, 0) is 9.53 Å². The van der Waals surface area contributed by atoms with E-state index in [0.29, 0.717) is 6.61 Å². The number of benzene rings is 1. The number of amides is 1. The summed E-state index contributed by atoms with van der Waals surface area (Å²) in [6.45, 7) is 0.674. The Labute approximate surface area is 94.1 Å². The average molecular weight is 215 g/mol. The zero-order valence-corrected chi connectivity index (χ0v) is 8.85. The third-order valence-electron chi connectivity index (χ3n) is 3.21. The van der Waals surface area contributed by atoms with Crippen LogP contribution in [0.3, 0.4) is 0 Å². The van der Waals surface area contributed by atoms with E-state index in [1.54, 1.807) is 6.20 Å². The molecule has 2 heterocycles. The summed E-state index contributed by atoms with van der Waals surface area (Å²) in [6, 6.07) is 10.1. The summed E-state index contributed by atoms with van der Waals surface area (Å²) < 4.78 is 5.67. The fraction of sp³-hybridized carbons (Fsp3) is 0.308. The van der Waals surface area contributed by atoms with Crippen LogP contribution >= 0.6 is 0 Å². The quantitative estimate of drug-likeness (QED) is 0.772. The second-order valence-electron chi connectivity index (χ2n) is 4.16. The van der Waals surface area contributed by atoms with Crippen molar-refractivity contribution < 1.29 is 9.53 Å². The third kappa shape index (κ3) is 1.44. The minimum atomic E-state index is -0.0591. The van der Waals surface area contributed by atoms with Gasteiger partial charge in [0.2, 0.25) is 5.91 Å². The Morgan fingerprint density at radius 2 is 2.06 bits per heavy atom. The van der Waals surface area contributed by atoms with Gasteiger partial charge in [0.25, 0.3) is 0 Å². The molecule has 0 saturated carbocycles. The van der Waals surface area contributed by atoms with E-state index >= 15 is 0 Å². The first kappa shape index (κ1) is 9.60. The van der Waals surface area contributed by atoms with E-state index in [9.17, 15) is 4.79 Å². The molecule has 2 atom stereocenters. The lowest BCUT2D eigenvalue weighted by Gasteiger charge is -2.25. The zero-order valence-electron chi connectivity index (χ0n) is 8.85. The van der Waals surface area contributed by atoms with Gasteiger partial charge in [-0.1, -0.05) is 30.3 Å². The number of hydrogen-bond donors (Lipinski definition) is 1. The molecule has 3 heteroatoms. The molecule has 0 spiro atoms. The smallest absolute Gasteiger partial charge is 0.230 e. The van der Waals surface area contributed by atoms with Crippen LogP contribution in [0, 0.1) is 5.92 Å². The van der Waals surface area contributed by atoms with E-state index in [1.807, 2.05) is 30.3 Å². The van der Waals surface area contributed by atoms with Crippen LogP contribution < -0.4 is 5.32 Å². The first-order chi connectivity index (χ1) is 7.86. The molecule has 0 bridgehead atoms. The molecule has 2 aliphatic rings. The minimum absolute atomic E-state index is 0.0137. The molecule has 82 valence electrons. The van der Waals surface area contributed by atoms with Crippen molar-refractivity contribution in [3.63, 3.8) is 0 Å². The molecular formula is C13H13NO2. The van der Waals surface area contributed by atoms with Gasteiger partial charge in [0.05, 0.1) is 12.0 Å². The molecule has 1 aromatic rings. The highest BCUT2D eigenvalue weighted by Gasteiger charge is 2.39. The van der Waals surface area contributed by atoms with E-state index in [-0.39, 0.29) is 17.9 Å². The monoisotopic (exact) mass is 215 g/mol. The molecular weight excluding hydrogens is 202 g/mol. The standard InChI is InChI=1S/C13H13NO2/c15-13-10-6-7-16-12(10)11(8-14-13)9-4-2-1-3-5-9/h1-5,8,10,12H,6-7H2,(H,14,15). The van der Waals surface area contributed by atoms with Crippen molar-refractivity contribution in [1.29, 1.82) is 0 Å². The Morgan fingerprint density at radius 3 is 2.88 bits per heavy atom. The van der Waals surface area contributed by atoms with E-state index in [1.165, 1.54) is 0 Å². The Kier molecular flexibility index (Phi) is 2.26. The van der Waals surface area contributed by atoms with Gasteiger partial charge in [-0.05, 0) is 12.0 Å². The molecule has 1 saturated heterocycles. The summed E-state index contributed by atoms with van der Waals surface area (Å²) >= 11 is 0. The molecule has 3 rings (SSSR count). The van der Waals surface area contributed by atoms with Crippen molar-refractivity contribution in [3.8, 4) is 0 Å². The van der Waals surface area contributed by atoms with Crippen molar-refractivity contribution in [1.82, 2.24) is 5.32 Å². The number of carbonyl (C=O) groups is 1. The first-order valence-electron chi connectivity index (χ1n) is 5.54. The van der Waals surface area contributed by atoms with Crippen LogP contribution in [-0.4, -0.2) is 18.6 Å². The van der Waals surface area contributed by atoms with Crippen molar-refractivity contribution in [2.45, 2.75) is 12.5 Å². The van der Waals surface area contributed by atoms with Crippen molar-refractivity contribution >= 4 is 11.5 Å². The van der Waals surface area contributed by atoms with Crippen LogP contribution in [0.1, 0.15) is 12.0 Å². The second kappa shape index (κ2) is 3.76. The maximum atomic E-state index is 11.6. The molecule has 1 N–H and O–H groups in total. The Hall–Kier alpha value is -1.61. The van der Waals surface area contributed by atoms with Crippen molar-refractivity contribution in [3.05, 3.63) is 42.1 Å². The maximum Gasteiger partial charge on any atom is 0.230 e. The van der Waals surface area contributed by atoms with E-state index in [0.717, 1.165) is 17.6 Å². The zero-order chi connectivity index (χ0) is 11.0. The number of ether oxygens (including phenoxy) is 1. The number of nitrogens with one attached hydrogen (secondary N) is 1. The molecule has 0 aromatic heterocycles. The molecule has 1 amide bonds.